The average molecular weight is 163 g/mol. The normalized spacial score (nSPS) is 20.8. The second-order valence-electron chi connectivity index (χ2n) is 2.90. The predicted molar refractivity (Wildman–Crippen MR) is 42.5 cm³/mol. The molecule has 4 heteroatoms. The summed E-state index contributed by atoms with van der Waals surface area (Å²) in [5, 5.41) is 0. The zero-order valence-electron chi connectivity index (χ0n) is 6.77. The smallest absolute Gasteiger partial charge is 0.274 e. The number of hydrogen-bond donors (Lipinski definition) is 0. The van der Waals surface area contributed by atoms with E-state index < -0.39 is 0 Å². The van der Waals surface area contributed by atoms with Gasteiger partial charge in [0.15, 0.2) is 0 Å². The lowest BCUT2D eigenvalue weighted by Gasteiger charge is -1.99. The topological polar surface area (TPSA) is 45.9 Å². The Morgan fingerprint density at radius 1 is 1.67 bits per heavy atom. The molecule has 2 heterocycles. The summed E-state index contributed by atoms with van der Waals surface area (Å²) in [4.78, 5) is 20.9. The summed E-state index contributed by atoms with van der Waals surface area (Å²) in [6.45, 7) is 2.85. The minimum Gasteiger partial charge on any atom is -0.331 e. The minimum absolute atomic E-state index is 0.0180. The number of rotatable bonds is 1. The molecule has 0 N–H and O–H groups in total. The standard InChI is InChI=1S/C8H9N3O/c1-6-5-11(6)8(12)7-4-9-2-3-10-7/h2-4,6H,5H2,1H3/t6-,11?/m0/s1. The zero-order chi connectivity index (χ0) is 8.55. The van der Waals surface area contributed by atoms with Crippen LogP contribution in [0.3, 0.4) is 0 Å². The van der Waals surface area contributed by atoms with Crippen LogP contribution in [0.1, 0.15) is 17.4 Å². The van der Waals surface area contributed by atoms with E-state index in [2.05, 4.69) is 9.97 Å². The van der Waals surface area contributed by atoms with E-state index in [1.807, 2.05) is 6.92 Å². The number of aromatic nitrogens is 2. The maximum Gasteiger partial charge on any atom is 0.274 e. The predicted octanol–water partition coefficient (Wildman–Crippen LogP) is 0.321. The fourth-order valence-electron chi connectivity index (χ4n) is 1.08. The molecule has 1 fully saturated rings. The van der Waals surface area contributed by atoms with Crippen LogP contribution in [0.5, 0.6) is 0 Å². The van der Waals surface area contributed by atoms with Crippen LogP contribution >= 0.6 is 0 Å². The first-order valence-electron chi connectivity index (χ1n) is 3.86. The van der Waals surface area contributed by atoms with Gasteiger partial charge in [0.05, 0.1) is 6.20 Å². The molecule has 0 bridgehead atoms. The van der Waals surface area contributed by atoms with Gasteiger partial charge in [0.2, 0.25) is 0 Å². The molecular weight excluding hydrogens is 154 g/mol. The Morgan fingerprint density at radius 2 is 2.42 bits per heavy atom. The first-order valence-corrected chi connectivity index (χ1v) is 3.86. The number of carbonyl (C=O) groups is 1. The molecule has 1 atom stereocenters. The molecule has 1 aliphatic rings. The zero-order valence-corrected chi connectivity index (χ0v) is 6.77. The van der Waals surface area contributed by atoms with Gasteiger partial charge in [-0.3, -0.25) is 9.78 Å². The first-order chi connectivity index (χ1) is 5.79. The van der Waals surface area contributed by atoms with E-state index in [1.54, 1.807) is 11.1 Å². The molecule has 62 valence electrons. The van der Waals surface area contributed by atoms with Crippen molar-refractivity contribution >= 4 is 5.91 Å². The van der Waals surface area contributed by atoms with Crippen LogP contribution in [0.25, 0.3) is 0 Å². The minimum atomic E-state index is -0.0180. The van der Waals surface area contributed by atoms with Gasteiger partial charge in [-0.1, -0.05) is 0 Å². The maximum atomic E-state index is 11.4. The van der Waals surface area contributed by atoms with E-state index in [4.69, 9.17) is 0 Å². The molecule has 0 saturated carbocycles. The van der Waals surface area contributed by atoms with Crippen molar-refractivity contribution < 1.29 is 4.79 Å². The van der Waals surface area contributed by atoms with Crippen LogP contribution in [-0.2, 0) is 0 Å². The number of hydrogen-bond acceptors (Lipinski definition) is 3. The van der Waals surface area contributed by atoms with Crippen LogP contribution in [0, 0.1) is 0 Å². The Labute approximate surface area is 70.2 Å². The third-order valence-corrected chi connectivity index (χ3v) is 1.90. The van der Waals surface area contributed by atoms with Crippen molar-refractivity contribution in [2.75, 3.05) is 6.54 Å². The first kappa shape index (κ1) is 7.21. The van der Waals surface area contributed by atoms with Crippen molar-refractivity contribution in [3.63, 3.8) is 0 Å². The summed E-state index contributed by atoms with van der Waals surface area (Å²) in [5.74, 6) is -0.0180. The van der Waals surface area contributed by atoms with Crippen LogP contribution in [0.4, 0.5) is 0 Å². The average Bonchev–Trinajstić information content (AvgIpc) is 2.83. The number of nitrogens with zero attached hydrogens (tertiary/aromatic N) is 3. The van der Waals surface area contributed by atoms with Gasteiger partial charge in [0, 0.05) is 25.0 Å². The highest BCUT2D eigenvalue weighted by atomic mass is 16.2. The van der Waals surface area contributed by atoms with Crippen molar-refractivity contribution in [1.82, 2.24) is 14.9 Å². The fraction of sp³-hybridized carbons (Fsp3) is 0.375. The highest BCUT2D eigenvalue weighted by molar-refractivity contribution is 5.93. The molecular formula is C8H9N3O. The Balaban J connectivity index is 2.16. The summed E-state index contributed by atoms with van der Waals surface area (Å²) in [6, 6.07) is 0.375. The van der Waals surface area contributed by atoms with Crippen LogP contribution < -0.4 is 0 Å². The largest absolute Gasteiger partial charge is 0.331 e. The van der Waals surface area contributed by atoms with Crippen LogP contribution in [0.15, 0.2) is 18.6 Å². The molecule has 1 aliphatic heterocycles. The molecule has 2 rings (SSSR count). The summed E-state index contributed by atoms with van der Waals surface area (Å²) in [6.07, 6.45) is 4.58. The van der Waals surface area contributed by atoms with Gasteiger partial charge in [0.25, 0.3) is 5.91 Å². The lowest BCUT2D eigenvalue weighted by molar-refractivity contribution is 0.0870. The van der Waals surface area contributed by atoms with Gasteiger partial charge in [-0.05, 0) is 6.92 Å². The van der Waals surface area contributed by atoms with E-state index in [9.17, 15) is 4.79 Å². The van der Waals surface area contributed by atoms with Gasteiger partial charge in [-0.2, -0.15) is 0 Å². The molecule has 1 aromatic heterocycles. The molecule has 0 spiro atoms. The molecule has 0 aliphatic carbocycles. The van der Waals surface area contributed by atoms with Gasteiger partial charge in [0.1, 0.15) is 5.69 Å². The Hall–Kier alpha value is -1.45. The Morgan fingerprint density at radius 3 is 2.92 bits per heavy atom. The fourth-order valence-corrected chi connectivity index (χ4v) is 1.08. The number of amides is 1. The molecule has 1 saturated heterocycles. The van der Waals surface area contributed by atoms with E-state index in [0.717, 1.165) is 6.54 Å². The molecule has 12 heavy (non-hydrogen) atoms. The molecule has 0 unspecified atom stereocenters. The SMILES string of the molecule is C[C@H]1CN1C(=O)c1cnccn1. The van der Waals surface area contributed by atoms with Crippen LogP contribution in [-0.4, -0.2) is 33.4 Å². The molecule has 1 aromatic rings. The third-order valence-electron chi connectivity index (χ3n) is 1.90. The highest BCUT2D eigenvalue weighted by Crippen LogP contribution is 2.18. The Kier molecular flexibility index (Phi) is 1.53. The second-order valence-corrected chi connectivity index (χ2v) is 2.90. The third kappa shape index (κ3) is 1.15. The van der Waals surface area contributed by atoms with E-state index in [-0.39, 0.29) is 5.91 Å². The van der Waals surface area contributed by atoms with Crippen molar-refractivity contribution in [3.05, 3.63) is 24.3 Å². The van der Waals surface area contributed by atoms with E-state index in [0.29, 0.717) is 11.7 Å². The molecule has 0 radical (unpaired) electrons. The van der Waals surface area contributed by atoms with Crippen molar-refractivity contribution in [2.45, 2.75) is 13.0 Å². The maximum absolute atomic E-state index is 11.4. The summed E-state index contributed by atoms with van der Waals surface area (Å²) in [5.41, 5.74) is 0.432. The van der Waals surface area contributed by atoms with Crippen molar-refractivity contribution in [2.24, 2.45) is 0 Å². The number of carbonyl (C=O) groups excluding carboxylic acids is 1. The van der Waals surface area contributed by atoms with Crippen molar-refractivity contribution in [3.8, 4) is 0 Å². The van der Waals surface area contributed by atoms with E-state index in [1.165, 1.54) is 12.4 Å². The van der Waals surface area contributed by atoms with Gasteiger partial charge < -0.3 is 4.90 Å². The van der Waals surface area contributed by atoms with Gasteiger partial charge >= 0.3 is 0 Å². The lowest BCUT2D eigenvalue weighted by atomic mass is 10.4. The summed E-state index contributed by atoms with van der Waals surface area (Å²) in [7, 11) is 0. The molecule has 4 nitrogen and oxygen atoms in total. The summed E-state index contributed by atoms with van der Waals surface area (Å²) >= 11 is 0. The molecule has 1 amide bonds. The second kappa shape index (κ2) is 2.55. The summed E-state index contributed by atoms with van der Waals surface area (Å²) < 4.78 is 0. The van der Waals surface area contributed by atoms with Crippen molar-refractivity contribution in [1.29, 1.82) is 0 Å². The quantitative estimate of drug-likeness (QED) is 0.560. The van der Waals surface area contributed by atoms with Gasteiger partial charge in [-0.15, -0.1) is 0 Å². The van der Waals surface area contributed by atoms with E-state index >= 15 is 0 Å². The highest BCUT2D eigenvalue weighted by Gasteiger charge is 2.35. The monoisotopic (exact) mass is 163 g/mol. The lowest BCUT2D eigenvalue weighted by Crippen LogP contribution is -2.14. The van der Waals surface area contributed by atoms with Crippen LogP contribution in [0.2, 0.25) is 0 Å². The van der Waals surface area contributed by atoms with Gasteiger partial charge in [-0.25, -0.2) is 4.98 Å². The Bertz CT molecular complexity index is 298. The molecule has 0 aromatic carbocycles.